The first-order valence-electron chi connectivity index (χ1n) is 6.19. The summed E-state index contributed by atoms with van der Waals surface area (Å²) in [5.41, 5.74) is 0. The molecule has 0 spiro atoms. The lowest BCUT2D eigenvalue weighted by Crippen LogP contribution is -2.30. The number of H-pyrrole nitrogens is 1. The molecule has 3 aromatic rings. The molecular weight excluding hydrogens is 326 g/mol. The zero-order valence-corrected chi connectivity index (χ0v) is 13.4. The third-order valence-corrected chi connectivity index (χ3v) is 6.35. The highest BCUT2D eigenvalue weighted by Gasteiger charge is 2.26. The van der Waals surface area contributed by atoms with Crippen molar-refractivity contribution in [3.05, 3.63) is 57.3 Å². The summed E-state index contributed by atoms with van der Waals surface area (Å²) < 4.78 is 26.9. The van der Waals surface area contributed by atoms with E-state index in [-0.39, 0.29) is 5.03 Å². The van der Waals surface area contributed by atoms with E-state index in [0.29, 0.717) is 13.1 Å². The van der Waals surface area contributed by atoms with Crippen LogP contribution in [0.3, 0.4) is 0 Å². The second kappa shape index (κ2) is 6.10. The lowest BCUT2D eigenvalue weighted by Gasteiger charge is -2.20. The van der Waals surface area contributed by atoms with E-state index < -0.39 is 10.0 Å². The molecule has 0 bridgehead atoms. The molecule has 1 N–H and O–H groups in total. The van der Waals surface area contributed by atoms with E-state index >= 15 is 0 Å². The number of nitrogens with one attached hydrogen (secondary N) is 1. The van der Waals surface area contributed by atoms with E-state index in [9.17, 15) is 8.42 Å². The molecule has 0 aliphatic rings. The molecule has 21 heavy (non-hydrogen) atoms. The highest BCUT2D eigenvalue weighted by molar-refractivity contribution is 7.89. The molecule has 0 atom stereocenters. The number of rotatable bonds is 6. The molecule has 3 rings (SSSR count). The molecule has 0 unspecified atom stereocenters. The molecule has 0 radical (unpaired) electrons. The highest BCUT2D eigenvalue weighted by atomic mass is 32.2. The fourth-order valence-electron chi connectivity index (χ4n) is 1.90. The lowest BCUT2D eigenvalue weighted by molar-refractivity contribution is 0.405. The van der Waals surface area contributed by atoms with Crippen LogP contribution < -0.4 is 0 Å². The van der Waals surface area contributed by atoms with Gasteiger partial charge in [-0.1, -0.05) is 12.1 Å². The third-order valence-electron chi connectivity index (χ3n) is 2.92. The van der Waals surface area contributed by atoms with Crippen LogP contribution >= 0.6 is 22.7 Å². The minimum absolute atomic E-state index is 0.121. The summed E-state index contributed by atoms with van der Waals surface area (Å²) in [4.78, 5) is 8.51. The number of sulfonamides is 1. The van der Waals surface area contributed by atoms with Crippen LogP contribution in [0.25, 0.3) is 0 Å². The average molecular weight is 339 g/mol. The summed E-state index contributed by atoms with van der Waals surface area (Å²) in [6.45, 7) is 0.716. The Bertz CT molecular complexity index is 727. The van der Waals surface area contributed by atoms with Gasteiger partial charge in [0, 0.05) is 22.8 Å². The molecule has 3 aromatic heterocycles. The van der Waals surface area contributed by atoms with Gasteiger partial charge in [-0.25, -0.2) is 13.4 Å². The van der Waals surface area contributed by atoms with Gasteiger partial charge in [-0.2, -0.15) is 4.31 Å². The van der Waals surface area contributed by atoms with Crippen LogP contribution in [-0.2, 0) is 23.1 Å². The van der Waals surface area contributed by atoms with E-state index in [1.165, 1.54) is 16.8 Å². The zero-order valence-electron chi connectivity index (χ0n) is 11.0. The summed E-state index contributed by atoms with van der Waals surface area (Å²) in [7, 11) is -3.58. The Morgan fingerprint density at radius 3 is 2.14 bits per heavy atom. The Labute approximate surface area is 131 Å². The number of hydrogen-bond acceptors (Lipinski definition) is 5. The minimum Gasteiger partial charge on any atom is -0.335 e. The van der Waals surface area contributed by atoms with Gasteiger partial charge in [-0.3, -0.25) is 0 Å². The van der Waals surface area contributed by atoms with E-state index in [1.54, 1.807) is 22.7 Å². The predicted molar refractivity (Wildman–Crippen MR) is 83.7 cm³/mol. The van der Waals surface area contributed by atoms with Gasteiger partial charge in [-0.15, -0.1) is 22.7 Å². The molecule has 0 aliphatic carbocycles. The topological polar surface area (TPSA) is 66.1 Å². The van der Waals surface area contributed by atoms with Crippen molar-refractivity contribution in [2.75, 3.05) is 0 Å². The molecular formula is C13H13N3O2S3. The van der Waals surface area contributed by atoms with E-state index in [0.717, 1.165) is 9.75 Å². The van der Waals surface area contributed by atoms with Crippen LogP contribution in [0.2, 0.25) is 0 Å². The van der Waals surface area contributed by atoms with Gasteiger partial charge in [0.1, 0.15) is 0 Å². The monoisotopic (exact) mass is 339 g/mol. The quantitative estimate of drug-likeness (QED) is 0.751. The summed E-state index contributed by atoms with van der Waals surface area (Å²) >= 11 is 3.10. The first kappa shape index (κ1) is 14.5. The Balaban J connectivity index is 1.91. The summed E-state index contributed by atoms with van der Waals surface area (Å²) in [5.74, 6) is 0. The first-order chi connectivity index (χ1) is 10.2. The zero-order chi connectivity index (χ0) is 14.7. The number of aromatic amines is 1. The molecule has 0 saturated carbocycles. The smallest absolute Gasteiger partial charge is 0.260 e. The van der Waals surface area contributed by atoms with E-state index in [1.807, 2.05) is 35.0 Å². The van der Waals surface area contributed by atoms with Crippen LogP contribution in [-0.4, -0.2) is 22.7 Å². The van der Waals surface area contributed by atoms with Crippen molar-refractivity contribution >= 4 is 32.7 Å². The maximum Gasteiger partial charge on any atom is 0.260 e. The molecule has 8 heteroatoms. The number of hydrogen-bond donors (Lipinski definition) is 1. The SMILES string of the molecule is O=S(=O)(c1cnc[nH]1)N(Cc1cccs1)Cc1cccs1. The van der Waals surface area contributed by atoms with Gasteiger partial charge in [0.2, 0.25) is 0 Å². The van der Waals surface area contributed by atoms with Crippen LogP contribution in [0.15, 0.2) is 52.6 Å². The number of imidazole rings is 1. The van der Waals surface area contributed by atoms with Crippen LogP contribution in [0.1, 0.15) is 9.75 Å². The number of nitrogens with zero attached hydrogens (tertiary/aromatic N) is 2. The largest absolute Gasteiger partial charge is 0.335 e. The van der Waals surface area contributed by atoms with Crippen molar-refractivity contribution in [1.29, 1.82) is 0 Å². The maximum atomic E-state index is 12.7. The Morgan fingerprint density at radius 2 is 1.71 bits per heavy atom. The molecule has 0 aromatic carbocycles. The van der Waals surface area contributed by atoms with Crippen molar-refractivity contribution in [3.63, 3.8) is 0 Å². The van der Waals surface area contributed by atoms with Gasteiger partial charge in [0.25, 0.3) is 10.0 Å². The highest BCUT2D eigenvalue weighted by Crippen LogP contribution is 2.23. The van der Waals surface area contributed by atoms with Crippen molar-refractivity contribution in [2.24, 2.45) is 0 Å². The molecule has 0 amide bonds. The van der Waals surface area contributed by atoms with Crippen molar-refractivity contribution in [1.82, 2.24) is 14.3 Å². The second-order valence-electron chi connectivity index (χ2n) is 4.35. The van der Waals surface area contributed by atoms with Crippen molar-refractivity contribution in [2.45, 2.75) is 18.1 Å². The summed E-state index contributed by atoms with van der Waals surface area (Å²) in [5, 5.41) is 4.01. The molecule has 3 heterocycles. The molecule has 110 valence electrons. The number of thiophene rings is 2. The van der Waals surface area contributed by atoms with Crippen LogP contribution in [0.5, 0.6) is 0 Å². The fourth-order valence-corrected chi connectivity index (χ4v) is 4.80. The Hall–Kier alpha value is -1.48. The predicted octanol–water partition coefficient (Wildman–Crippen LogP) is 2.92. The van der Waals surface area contributed by atoms with Crippen molar-refractivity contribution < 1.29 is 8.42 Å². The van der Waals surface area contributed by atoms with Gasteiger partial charge >= 0.3 is 0 Å². The third kappa shape index (κ3) is 3.24. The molecule has 0 fully saturated rings. The minimum atomic E-state index is -3.58. The summed E-state index contributed by atoms with van der Waals surface area (Å²) in [6.07, 6.45) is 2.71. The Morgan fingerprint density at radius 1 is 1.10 bits per heavy atom. The van der Waals surface area contributed by atoms with Gasteiger partial charge in [0.05, 0.1) is 12.5 Å². The average Bonchev–Trinajstić information content (AvgIpc) is 3.22. The van der Waals surface area contributed by atoms with Crippen molar-refractivity contribution in [3.8, 4) is 0 Å². The van der Waals surface area contributed by atoms with Gasteiger partial charge < -0.3 is 4.98 Å². The normalized spacial score (nSPS) is 12.0. The van der Waals surface area contributed by atoms with Crippen LogP contribution in [0, 0.1) is 0 Å². The molecule has 0 saturated heterocycles. The first-order valence-corrected chi connectivity index (χ1v) is 9.39. The maximum absolute atomic E-state index is 12.7. The molecule has 0 aliphatic heterocycles. The second-order valence-corrected chi connectivity index (χ2v) is 8.32. The van der Waals surface area contributed by atoms with Gasteiger partial charge in [0.15, 0.2) is 5.03 Å². The fraction of sp³-hybridized carbons (Fsp3) is 0.154. The van der Waals surface area contributed by atoms with Gasteiger partial charge in [-0.05, 0) is 22.9 Å². The van der Waals surface area contributed by atoms with E-state index in [2.05, 4.69) is 9.97 Å². The van der Waals surface area contributed by atoms with E-state index in [4.69, 9.17) is 0 Å². The van der Waals surface area contributed by atoms with Crippen LogP contribution in [0.4, 0.5) is 0 Å². The summed E-state index contributed by atoms with van der Waals surface area (Å²) in [6, 6.07) is 7.72. The Kier molecular flexibility index (Phi) is 4.20. The molecule has 5 nitrogen and oxygen atoms in total. The number of aromatic nitrogens is 2. The lowest BCUT2D eigenvalue weighted by atomic mass is 10.4. The standard InChI is InChI=1S/C13H13N3O2S3/c17-21(18,13-7-14-10-15-13)16(8-11-3-1-5-19-11)9-12-4-2-6-20-12/h1-7,10H,8-9H2,(H,14,15).